The van der Waals surface area contributed by atoms with Crippen molar-refractivity contribution in [3.05, 3.63) is 0 Å². The molecule has 0 amide bonds. The molecule has 1 aliphatic rings. The molecule has 1 heterocycles. The van der Waals surface area contributed by atoms with Crippen molar-refractivity contribution >= 4 is 18.3 Å². The number of rotatable bonds is 1. The van der Waals surface area contributed by atoms with Crippen LogP contribution in [0.1, 0.15) is 12.8 Å². The zero-order valence-corrected chi connectivity index (χ0v) is 5.32. The summed E-state index contributed by atoms with van der Waals surface area (Å²) in [5.41, 5.74) is 0. The summed E-state index contributed by atoms with van der Waals surface area (Å²) >= 11 is 1.30. The number of aldehydes is 1. The van der Waals surface area contributed by atoms with Crippen molar-refractivity contribution in [2.24, 2.45) is 0 Å². The van der Waals surface area contributed by atoms with E-state index in [1.165, 1.54) is 12.0 Å². The first-order valence-corrected chi connectivity index (χ1v) is 3.47. The molecule has 1 unspecified atom stereocenters. The molecule has 1 saturated heterocycles. The lowest BCUT2D eigenvalue weighted by Gasteiger charge is -2.13. The SMILES string of the molecule is O=CC1CCCOS1. The van der Waals surface area contributed by atoms with Gasteiger partial charge in [0.15, 0.2) is 0 Å². The van der Waals surface area contributed by atoms with Crippen LogP contribution in [0.4, 0.5) is 0 Å². The average molecular weight is 132 g/mol. The lowest BCUT2D eigenvalue weighted by Crippen LogP contribution is -2.11. The molecule has 3 heteroatoms. The number of carbonyl (C=O) groups excluding carboxylic acids is 1. The second-order valence-electron chi connectivity index (χ2n) is 1.73. The Bertz CT molecular complexity index is 78.5. The second-order valence-corrected chi connectivity index (χ2v) is 2.77. The highest BCUT2D eigenvalue weighted by Crippen LogP contribution is 2.21. The molecule has 0 aromatic carbocycles. The first-order chi connectivity index (χ1) is 3.93. The van der Waals surface area contributed by atoms with Gasteiger partial charge in [-0.1, -0.05) is 0 Å². The minimum absolute atomic E-state index is 0.101. The van der Waals surface area contributed by atoms with E-state index in [4.69, 9.17) is 4.18 Å². The highest BCUT2D eigenvalue weighted by Gasteiger charge is 2.12. The predicted octanol–water partition coefficient (Wildman–Crippen LogP) is 1.01. The fourth-order valence-corrected chi connectivity index (χ4v) is 1.31. The van der Waals surface area contributed by atoms with Gasteiger partial charge in [-0.15, -0.1) is 0 Å². The quantitative estimate of drug-likeness (QED) is 0.393. The van der Waals surface area contributed by atoms with Crippen LogP contribution in [0, 0.1) is 0 Å². The van der Waals surface area contributed by atoms with E-state index in [0.29, 0.717) is 0 Å². The largest absolute Gasteiger partial charge is 0.315 e. The molecule has 46 valence electrons. The summed E-state index contributed by atoms with van der Waals surface area (Å²) in [7, 11) is 0. The maximum atomic E-state index is 10.1. The Hall–Kier alpha value is -0.0200. The third-order valence-electron chi connectivity index (χ3n) is 1.06. The zero-order valence-electron chi connectivity index (χ0n) is 4.50. The lowest BCUT2D eigenvalue weighted by atomic mass is 10.2. The van der Waals surface area contributed by atoms with Crippen LogP contribution in [-0.2, 0) is 8.98 Å². The van der Waals surface area contributed by atoms with Crippen LogP contribution in [0.3, 0.4) is 0 Å². The summed E-state index contributed by atoms with van der Waals surface area (Å²) in [6.07, 6.45) is 2.95. The molecule has 0 aliphatic carbocycles. The lowest BCUT2D eigenvalue weighted by molar-refractivity contribution is -0.107. The second kappa shape index (κ2) is 3.10. The van der Waals surface area contributed by atoms with Gasteiger partial charge in [0.2, 0.25) is 0 Å². The monoisotopic (exact) mass is 132 g/mol. The van der Waals surface area contributed by atoms with Crippen molar-refractivity contribution < 1.29 is 8.98 Å². The molecule has 0 saturated carbocycles. The minimum atomic E-state index is 0.101. The molecule has 1 rings (SSSR count). The molecule has 0 spiro atoms. The van der Waals surface area contributed by atoms with Crippen molar-refractivity contribution in [2.75, 3.05) is 6.61 Å². The molecular weight excluding hydrogens is 124 g/mol. The molecule has 0 aromatic rings. The first-order valence-electron chi connectivity index (χ1n) is 2.67. The molecular formula is C5H8O2S. The van der Waals surface area contributed by atoms with Gasteiger partial charge in [0.1, 0.15) is 6.29 Å². The summed E-state index contributed by atoms with van der Waals surface area (Å²) < 4.78 is 4.96. The molecule has 0 aromatic heterocycles. The fourth-order valence-electron chi connectivity index (χ4n) is 0.618. The van der Waals surface area contributed by atoms with Crippen LogP contribution in [0.15, 0.2) is 0 Å². The zero-order chi connectivity index (χ0) is 5.82. The summed E-state index contributed by atoms with van der Waals surface area (Å²) in [5, 5.41) is 0.101. The van der Waals surface area contributed by atoms with E-state index in [9.17, 15) is 4.79 Å². The Labute approximate surface area is 52.8 Å². The van der Waals surface area contributed by atoms with E-state index in [2.05, 4.69) is 0 Å². The first kappa shape index (κ1) is 6.11. The van der Waals surface area contributed by atoms with Crippen molar-refractivity contribution in [1.29, 1.82) is 0 Å². The Kier molecular flexibility index (Phi) is 2.36. The third-order valence-corrected chi connectivity index (χ3v) is 1.96. The Morgan fingerprint density at radius 2 is 2.62 bits per heavy atom. The number of hydrogen-bond donors (Lipinski definition) is 0. The Balaban J connectivity index is 2.22. The van der Waals surface area contributed by atoms with Crippen LogP contribution in [-0.4, -0.2) is 18.1 Å². The maximum absolute atomic E-state index is 10.1. The maximum Gasteiger partial charge on any atom is 0.135 e. The van der Waals surface area contributed by atoms with E-state index in [-0.39, 0.29) is 5.25 Å². The molecule has 0 N–H and O–H groups in total. The summed E-state index contributed by atoms with van der Waals surface area (Å²) in [5.74, 6) is 0. The number of hydrogen-bond acceptors (Lipinski definition) is 3. The van der Waals surface area contributed by atoms with Gasteiger partial charge in [0.25, 0.3) is 0 Å². The van der Waals surface area contributed by atoms with Crippen LogP contribution < -0.4 is 0 Å². The van der Waals surface area contributed by atoms with Crippen molar-refractivity contribution in [3.8, 4) is 0 Å². The minimum Gasteiger partial charge on any atom is -0.315 e. The van der Waals surface area contributed by atoms with Crippen molar-refractivity contribution in [1.82, 2.24) is 0 Å². The fraction of sp³-hybridized carbons (Fsp3) is 0.800. The van der Waals surface area contributed by atoms with E-state index >= 15 is 0 Å². The van der Waals surface area contributed by atoms with E-state index < -0.39 is 0 Å². The molecule has 2 nitrogen and oxygen atoms in total. The topological polar surface area (TPSA) is 26.3 Å². The van der Waals surface area contributed by atoms with E-state index in [1.807, 2.05) is 0 Å². The van der Waals surface area contributed by atoms with Gasteiger partial charge in [-0.05, 0) is 12.8 Å². The predicted molar refractivity (Wildman–Crippen MR) is 32.6 cm³/mol. The van der Waals surface area contributed by atoms with E-state index in [1.54, 1.807) is 0 Å². The Morgan fingerprint density at radius 1 is 1.75 bits per heavy atom. The summed E-state index contributed by atoms with van der Waals surface area (Å²) in [4.78, 5) is 10.1. The van der Waals surface area contributed by atoms with Gasteiger partial charge in [0, 0.05) is 12.0 Å². The summed E-state index contributed by atoms with van der Waals surface area (Å²) in [6.45, 7) is 0.801. The van der Waals surface area contributed by atoms with Crippen molar-refractivity contribution in [2.45, 2.75) is 18.1 Å². The normalized spacial score (nSPS) is 29.8. The summed E-state index contributed by atoms with van der Waals surface area (Å²) in [6, 6.07) is 0. The third kappa shape index (κ3) is 1.49. The van der Waals surface area contributed by atoms with Crippen LogP contribution in [0.25, 0.3) is 0 Å². The highest BCUT2D eigenvalue weighted by atomic mass is 32.2. The number of carbonyl (C=O) groups is 1. The van der Waals surface area contributed by atoms with Crippen LogP contribution >= 0.6 is 12.0 Å². The van der Waals surface area contributed by atoms with Gasteiger partial charge in [-0.3, -0.25) is 0 Å². The Morgan fingerprint density at radius 3 is 3.00 bits per heavy atom. The van der Waals surface area contributed by atoms with Crippen LogP contribution in [0.5, 0.6) is 0 Å². The van der Waals surface area contributed by atoms with Gasteiger partial charge in [-0.2, -0.15) is 0 Å². The van der Waals surface area contributed by atoms with Gasteiger partial charge in [0.05, 0.1) is 11.9 Å². The van der Waals surface area contributed by atoms with Gasteiger partial charge in [-0.25, -0.2) is 0 Å². The van der Waals surface area contributed by atoms with Crippen LogP contribution in [0.2, 0.25) is 0 Å². The average Bonchev–Trinajstić information content (AvgIpc) is 1.90. The highest BCUT2D eigenvalue weighted by molar-refractivity contribution is 7.96. The molecule has 8 heavy (non-hydrogen) atoms. The molecule has 1 aliphatic heterocycles. The van der Waals surface area contributed by atoms with Crippen molar-refractivity contribution in [3.63, 3.8) is 0 Å². The van der Waals surface area contributed by atoms with Gasteiger partial charge >= 0.3 is 0 Å². The molecule has 0 bridgehead atoms. The molecule has 1 fully saturated rings. The standard InChI is InChI=1S/C5H8O2S/c6-4-5-2-1-3-7-8-5/h4-5H,1-3H2. The van der Waals surface area contributed by atoms with E-state index in [0.717, 1.165) is 25.7 Å². The smallest absolute Gasteiger partial charge is 0.135 e. The molecule has 1 atom stereocenters. The van der Waals surface area contributed by atoms with Gasteiger partial charge < -0.3 is 8.98 Å². The molecule has 0 radical (unpaired) electrons.